The molecule has 10 rings (SSSR count). The summed E-state index contributed by atoms with van der Waals surface area (Å²) in [6, 6.07) is 67.1. The third kappa shape index (κ3) is 9.21. The Kier molecular flexibility index (Phi) is 13.9. The van der Waals surface area contributed by atoms with Gasteiger partial charge in [0.2, 0.25) is 0 Å². The monoisotopic (exact) mass is 942 g/mol. The van der Waals surface area contributed by atoms with E-state index in [2.05, 4.69) is 178 Å². The van der Waals surface area contributed by atoms with E-state index < -0.39 is 5.54 Å². The highest BCUT2D eigenvalue weighted by Gasteiger charge is 2.42. The standard InChI is InChI=1S/C59H55ClN8O2/c1-3-18-54-61-53(42-65-37-39-66(40-38-65)55(45-19-8-4-9-20-45)46-33-35-50(60)36-34-46)56(58(69)70-2)67(54)41-43-29-31-44(32-30-43)51-27-16-17-28-52(51)57-62-63-64-68(57)59(47-21-10-5-11-22-47,48-23-12-6-13-24-48)49-25-14-7-15-26-49/h4-17,19-36,55H,3,18,37-42H2,1-2H3. The van der Waals surface area contributed by atoms with Crippen LogP contribution in [0.4, 0.5) is 0 Å². The van der Waals surface area contributed by atoms with E-state index in [0.29, 0.717) is 24.6 Å². The van der Waals surface area contributed by atoms with Crippen LogP contribution in [0.3, 0.4) is 0 Å². The number of imidazole rings is 1. The second kappa shape index (κ2) is 21.0. The van der Waals surface area contributed by atoms with Gasteiger partial charge in [-0.1, -0.05) is 201 Å². The Morgan fingerprint density at radius 1 is 0.643 bits per heavy atom. The molecule has 2 aromatic heterocycles. The zero-order valence-electron chi connectivity index (χ0n) is 39.5. The number of tetrazole rings is 1. The molecule has 0 spiro atoms. The lowest BCUT2D eigenvalue weighted by Crippen LogP contribution is -2.47. The van der Waals surface area contributed by atoms with Gasteiger partial charge in [0.1, 0.15) is 11.4 Å². The lowest BCUT2D eigenvalue weighted by molar-refractivity contribution is 0.0583. The van der Waals surface area contributed by atoms with E-state index >= 15 is 0 Å². The van der Waals surface area contributed by atoms with Crippen molar-refractivity contribution in [3.63, 3.8) is 0 Å². The number of ether oxygens (including phenoxy) is 1. The van der Waals surface area contributed by atoms with Crippen molar-refractivity contribution in [2.24, 2.45) is 0 Å². The van der Waals surface area contributed by atoms with Crippen molar-refractivity contribution in [2.75, 3.05) is 33.3 Å². The minimum absolute atomic E-state index is 0.108. The van der Waals surface area contributed by atoms with Gasteiger partial charge in [0.05, 0.1) is 18.8 Å². The molecule has 350 valence electrons. The van der Waals surface area contributed by atoms with Gasteiger partial charge in [-0.2, -0.15) is 0 Å². The van der Waals surface area contributed by atoms with E-state index in [1.165, 1.54) is 18.2 Å². The number of hydrogen-bond acceptors (Lipinski definition) is 8. The van der Waals surface area contributed by atoms with Crippen LogP contribution < -0.4 is 0 Å². The van der Waals surface area contributed by atoms with Crippen LogP contribution in [-0.2, 0) is 29.8 Å². The first-order valence-electron chi connectivity index (χ1n) is 24.0. The van der Waals surface area contributed by atoms with Gasteiger partial charge in [-0.15, -0.1) is 5.10 Å². The molecule has 0 N–H and O–H groups in total. The first-order valence-corrected chi connectivity index (χ1v) is 24.4. The molecule has 9 aromatic rings. The number of carbonyl (C=O) groups excluding carboxylic acids is 1. The molecular formula is C59H55ClN8O2. The molecular weight excluding hydrogens is 888 g/mol. The number of hydrogen-bond donors (Lipinski definition) is 0. The number of nitrogens with zero attached hydrogens (tertiary/aromatic N) is 8. The van der Waals surface area contributed by atoms with Gasteiger partial charge < -0.3 is 9.30 Å². The van der Waals surface area contributed by atoms with Crippen molar-refractivity contribution < 1.29 is 9.53 Å². The second-order valence-corrected chi connectivity index (χ2v) is 18.2. The summed E-state index contributed by atoms with van der Waals surface area (Å²) in [6.45, 7) is 6.53. The van der Waals surface area contributed by atoms with Crippen LogP contribution in [0, 0.1) is 0 Å². The molecule has 1 unspecified atom stereocenters. The van der Waals surface area contributed by atoms with E-state index in [1.54, 1.807) is 0 Å². The minimum atomic E-state index is -0.894. The highest BCUT2D eigenvalue weighted by molar-refractivity contribution is 6.30. The number of benzene rings is 7. The predicted molar refractivity (Wildman–Crippen MR) is 277 cm³/mol. The summed E-state index contributed by atoms with van der Waals surface area (Å²) in [6.07, 6.45) is 1.62. The zero-order chi connectivity index (χ0) is 47.9. The van der Waals surface area contributed by atoms with E-state index in [0.717, 1.165) is 94.5 Å². The molecule has 7 aromatic carbocycles. The number of halogens is 1. The lowest BCUT2D eigenvalue weighted by atomic mass is 9.77. The summed E-state index contributed by atoms with van der Waals surface area (Å²) < 4.78 is 9.53. The summed E-state index contributed by atoms with van der Waals surface area (Å²) in [5.74, 6) is 1.13. The molecule has 1 saturated heterocycles. The molecule has 1 aliphatic rings. The summed E-state index contributed by atoms with van der Waals surface area (Å²) in [7, 11) is 1.45. The number of rotatable bonds is 16. The van der Waals surface area contributed by atoms with Crippen molar-refractivity contribution in [2.45, 2.75) is 44.4 Å². The molecule has 11 heteroatoms. The lowest BCUT2D eigenvalue weighted by Gasteiger charge is -2.39. The van der Waals surface area contributed by atoms with Gasteiger partial charge in [-0.25, -0.2) is 14.5 Å². The van der Waals surface area contributed by atoms with Crippen molar-refractivity contribution in [1.29, 1.82) is 0 Å². The Hall–Kier alpha value is -7.50. The SMILES string of the molecule is CCCc1nc(CN2CCN(C(c3ccccc3)c3ccc(Cl)cc3)CC2)c(C(=O)OC)n1Cc1ccc(-c2ccccc2-c2nnnn2C(c2ccccc2)(c2ccccc2)c2ccccc2)cc1. The van der Waals surface area contributed by atoms with Crippen molar-refractivity contribution in [1.82, 2.24) is 39.6 Å². The fraction of sp³-hybridized carbons (Fsp3) is 0.203. The van der Waals surface area contributed by atoms with Crippen LogP contribution in [0.15, 0.2) is 194 Å². The molecule has 10 nitrogen and oxygen atoms in total. The normalized spacial score (nSPS) is 13.8. The van der Waals surface area contributed by atoms with Crippen molar-refractivity contribution in [3.8, 4) is 22.5 Å². The summed E-state index contributed by atoms with van der Waals surface area (Å²) in [5, 5.41) is 14.7. The van der Waals surface area contributed by atoms with Gasteiger partial charge in [-0.3, -0.25) is 9.80 Å². The molecule has 70 heavy (non-hydrogen) atoms. The number of piperazine rings is 1. The first-order chi connectivity index (χ1) is 34.5. The maximum atomic E-state index is 13.8. The van der Waals surface area contributed by atoms with E-state index in [1.807, 2.05) is 47.1 Å². The average molecular weight is 944 g/mol. The maximum absolute atomic E-state index is 13.8. The van der Waals surface area contributed by atoms with Gasteiger partial charge in [0.15, 0.2) is 11.5 Å². The molecule has 0 aliphatic carbocycles. The molecule has 1 aliphatic heterocycles. The van der Waals surface area contributed by atoms with Gasteiger partial charge in [-0.05, 0) is 73.5 Å². The summed E-state index contributed by atoms with van der Waals surface area (Å²) >= 11 is 6.31. The van der Waals surface area contributed by atoms with Crippen LogP contribution in [0.25, 0.3) is 22.5 Å². The third-order valence-corrected chi connectivity index (χ3v) is 13.8. The number of methoxy groups -OCH3 is 1. The maximum Gasteiger partial charge on any atom is 0.356 e. The summed E-state index contributed by atoms with van der Waals surface area (Å²) in [4.78, 5) is 23.9. The van der Waals surface area contributed by atoms with Gasteiger partial charge in [0, 0.05) is 56.3 Å². The van der Waals surface area contributed by atoms with Crippen LogP contribution in [0.1, 0.15) is 74.8 Å². The Morgan fingerprint density at radius 3 is 1.76 bits per heavy atom. The molecule has 1 atom stereocenters. The van der Waals surface area contributed by atoms with Crippen molar-refractivity contribution >= 4 is 17.6 Å². The molecule has 0 bridgehead atoms. The first kappa shape index (κ1) is 46.2. The highest BCUT2D eigenvalue weighted by atomic mass is 35.5. The fourth-order valence-corrected chi connectivity index (χ4v) is 10.4. The molecule has 0 amide bonds. The Labute approximate surface area is 414 Å². The van der Waals surface area contributed by atoms with Crippen LogP contribution in [0.2, 0.25) is 5.02 Å². The van der Waals surface area contributed by atoms with Gasteiger partial charge >= 0.3 is 5.97 Å². The topological polar surface area (TPSA) is 94.2 Å². The minimum Gasteiger partial charge on any atom is -0.464 e. The average Bonchev–Trinajstić information content (AvgIpc) is 4.04. The molecule has 3 heterocycles. The van der Waals surface area contributed by atoms with Gasteiger partial charge in [0.25, 0.3) is 0 Å². The van der Waals surface area contributed by atoms with E-state index in [-0.39, 0.29) is 12.0 Å². The molecule has 1 fully saturated rings. The molecule has 0 radical (unpaired) electrons. The Balaban J connectivity index is 0.939. The smallest absolute Gasteiger partial charge is 0.356 e. The zero-order valence-corrected chi connectivity index (χ0v) is 40.2. The number of carbonyl (C=O) groups is 1. The van der Waals surface area contributed by atoms with E-state index in [4.69, 9.17) is 31.6 Å². The quantitative estimate of drug-likeness (QED) is 0.0698. The second-order valence-electron chi connectivity index (χ2n) is 17.8. The van der Waals surface area contributed by atoms with Crippen LogP contribution >= 0.6 is 11.6 Å². The fourth-order valence-electron chi connectivity index (χ4n) is 10.2. The highest BCUT2D eigenvalue weighted by Crippen LogP contribution is 2.43. The summed E-state index contributed by atoms with van der Waals surface area (Å²) in [5.41, 5.74) is 9.86. The van der Waals surface area contributed by atoms with Crippen LogP contribution in [0.5, 0.6) is 0 Å². The Bertz CT molecular complexity index is 3040. The molecule has 0 saturated carbocycles. The van der Waals surface area contributed by atoms with Crippen LogP contribution in [-0.4, -0.2) is 78.8 Å². The third-order valence-electron chi connectivity index (χ3n) is 13.6. The largest absolute Gasteiger partial charge is 0.464 e. The predicted octanol–water partition coefficient (Wildman–Crippen LogP) is 11.4. The number of aryl methyl sites for hydroxylation is 1. The van der Waals surface area contributed by atoms with Crippen molar-refractivity contribution in [3.05, 3.63) is 250 Å². The Morgan fingerprint density at radius 2 is 1.19 bits per heavy atom. The van der Waals surface area contributed by atoms with E-state index in [9.17, 15) is 4.79 Å². The number of aromatic nitrogens is 6. The number of esters is 1.